The second-order valence-electron chi connectivity index (χ2n) is 4.69. The highest BCUT2D eigenvalue weighted by Gasteiger charge is 2.19. The first-order valence-corrected chi connectivity index (χ1v) is 6.14. The number of carbonyl (C=O) groups excluding carboxylic acids is 1. The van der Waals surface area contributed by atoms with Gasteiger partial charge < -0.3 is 15.1 Å². The summed E-state index contributed by atoms with van der Waals surface area (Å²) in [5.41, 5.74) is 10.6. The standard InChI is InChI=1S/C14H16N2O/c15-10-5-6-14-12(9-10)11-3-1-2-4-13(11)16(14)7-8-17/h5-6,8-9H,1-4,7,15H2. The fourth-order valence-corrected chi connectivity index (χ4v) is 2.94. The number of rotatable bonds is 2. The minimum atomic E-state index is 0.454. The molecule has 0 fully saturated rings. The highest BCUT2D eigenvalue weighted by Crippen LogP contribution is 2.33. The number of nitrogen functional groups attached to an aromatic ring is 1. The Morgan fingerprint density at radius 2 is 2.12 bits per heavy atom. The van der Waals surface area contributed by atoms with E-state index < -0.39 is 0 Å². The van der Waals surface area contributed by atoms with Crippen LogP contribution in [0.5, 0.6) is 0 Å². The lowest BCUT2D eigenvalue weighted by atomic mass is 9.95. The molecule has 0 bridgehead atoms. The second-order valence-corrected chi connectivity index (χ2v) is 4.69. The first-order valence-electron chi connectivity index (χ1n) is 6.14. The van der Waals surface area contributed by atoms with Crippen molar-refractivity contribution in [2.75, 3.05) is 5.73 Å². The molecule has 0 aliphatic heterocycles. The molecule has 0 saturated carbocycles. The first kappa shape index (κ1) is 10.4. The summed E-state index contributed by atoms with van der Waals surface area (Å²) in [6.45, 7) is 0.454. The van der Waals surface area contributed by atoms with E-state index in [1.54, 1.807) is 0 Å². The summed E-state index contributed by atoms with van der Waals surface area (Å²) in [6, 6.07) is 5.99. The summed E-state index contributed by atoms with van der Waals surface area (Å²) in [5.74, 6) is 0. The number of hydrogen-bond donors (Lipinski definition) is 1. The fourth-order valence-electron chi connectivity index (χ4n) is 2.94. The highest BCUT2D eigenvalue weighted by atomic mass is 16.1. The van der Waals surface area contributed by atoms with Crippen LogP contribution in [-0.2, 0) is 24.2 Å². The zero-order valence-corrected chi connectivity index (χ0v) is 9.78. The van der Waals surface area contributed by atoms with E-state index in [9.17, 15) is 4.79 Å². The van der Waals surface area contributed by atoms with E-state index in [1.165, 1.54) is 29.5 Å². The van der Waals surface area contributed by atoms with Crippen LogP contribution in [-0.4, -0.2) is 10.9 Å². The summed E-state index contributed by atoms with van der Waals surface area (Å²) in [5, 5.41) is 1.24. The Balaban J connectivity index is 2.33. The number of nitrogens with zero attached hydrogens (tertiary/aromatic N) is 1. The molecule has 1 heterocycles. The van der Waals surface area contributed by atoms with E-state index in [0.29, 0.717) is 6.54 Å². The van der Waals surface area contributed by atoms with Gasteiger partial charge in [-0.2, -0.15) is 0 Å². The smallest absolute Gasteiger partial charge is 0.139 e. The average molecular weight is 228 g/mol. The van der Waals surface area contributed by atoms with Crippen LogP contribution in [0.25, 0.3) is 10.9 Å². The number of nitrogens with two attached hydrogens (primary N) is 1. The maximum Gasteiger partial charge on any atom is 0.139 e. The van der Waals surface area contributed by atoms with E-state index in [-0.39, 0.29) is 0 Å². The van der Waals surface area contributed by atoms with Crippen LogP contribution in [0.2, 0.25) is 0 Å². The van der Waals surface area contributed by atoms with Gasteiger partial charge in [0.2, 0.25) is 0 Å². The van der Waals surface area contributed by atoms with Gasteiger partial charge in [-0.05, 0) is 49.4 Å². The van der Waals surface area contributed by atoms with Crippen LogP contribution in [0.1, 0.15) is 24.1 Å². The summed E-state index contributed by atoms with van der Waals surface area (Å²) in [7, 11) is 0. The Labute approximate surface area is 100 Å². The number of aryl methyl sites for hydroxylation is 1. The van der Waals surface area contributed by atoms with Gasteiger partial charge in [-0.25, -0.2) is 0 Å². The van der Waals surface area contributed by atoms with Crippen molar-refractivity contribution >= 4 is 22.9 Å². The monoisotopic (exact) mass is 228 g/mol. The lowest BCUT2D eigenvalue weighted by molar-refractivity contribution is -0.108. The number of aromatic nitrogens is 1. The molecule has 0 saturated heterocycles. The molecule has 1 aliphatic carbocycles. The summed E-state index contributed by atoms with van der Waals surface area (Å²) in [4.78, 5) is 10.8. The molecule has 2 aromatic rings. The van der Waals surface area contributed by atoms with Crippen molar-refractivity contribution in [1.29, 1.82) is 0 Å². The van der Waals surface area contributed by atoms with Gasteiger partial charge in [0.1, 0.15) is 6.29 Å². The van der Waals surface area contributed by atoms with Crippen LogP contribution in [0.4, 0.5) is 5.69 Å². The molecule has 0 unspecified atom stereocenters. The maximum atomic E-state index is 10.8. The molecule has 1 aromatic heterocycles. The van der Waals surface area contributed by atoms with E-state index in [2.05, 4.69) is 4.57 Å². The van der Waals surface area contributed by atoms with Crippen molar-refractivity contribution in [2.24, 2.45) is 0 Å². The van der Waals surface area contributed by atoms with Gasteiger partial charge in [0.15, 0.2) is 0 Å². The summed E-state index contributed by atoms with van der Waals surface area (Å²) < 4.78 is 2.15. The number of carbonyl (C=O) groups is 1. The minimum absolute atomic E-state index is 0.454. The highest BCUT2D eigenvalue weighted by molar-refractivity contribution is 5.89. The molecule has 88 valence electrons. The molecule has 1 aromatic carbocycles. The summed E-state index contributed by atoms with van der Waals surface area (Å²) in [6.07, 6.45) is 5.63. The van der Waals surface area contributed by atoms with Crippen LogP contribution in [0.15, 0.2) is 18.2 Å². The molecule has 3 heteroatoms. The van der Waals surface area contributed by atoms with Crippen molar-refractivity contribution in [2.45, 2.75) is 32.2 Å². The van der Waals surface area contributed by atoms with E-state index in [1.807, 2.05) is 18.2 Å². The molecule has 0 radical (unpaired) electrons. The first-order chi connectivity index (χ1) is 8.31. The zero-order valence-electron chi connectivity index (χ0n) is 9.78. The molecule has 17 heavy (non-hydrogen) atoms. The Bertz CT molecular complexity index is 583. The Kier molecular flexibility index (Phi) is 2.39. The molecular weight excluding hydrogens is 212 g/mol. The molecule has 2 N–H and O–H groups in total. The van der Waals surface area contributed by atoms with Gasteiger partial charge in [0, 0.05) is 22.3 Å². The summed E-state index contributed by atoms with van der Waals surface area (Å²) >= 11 is 0. The largest absolute Gasteiger partial charge is 0.399 e. The normalized spacial score (nSPS) is 14.8. The fraction of sp³-hybridized carbons (Fsp3) is 0.357. The third-order valence-electron chi connectivity index (χ3n) is 3.66. The van der Waals surface area contributed by atoms with E-state index >= 15 is 0 Å². The van der Waals surface area contributed by atoms with E-state index in [0.717, 1.165) is 30.3 Å². The zero-order chi connectivity index (χ0) is 11.8. The van der Waals surface area contributed by atoms with Crippen molar-refractivity contribution in [3.63, 3.8) is 0 Å². The van der Waals surface area contributed by atoms with Gasteiger partial charge in [-0.3, -0.25) is 0 Å². The Morgan fingerprint density at radius 1 is 1.29 bits per heavy atom. The predicted molar refractivity (Wildman–Crippen MR) is 69.1 cm³/mol. The minimum Gasteiger partial charge on any atom is -0.399 e. The van der Waals surface area contributed by atoms with Crippen molar-refractivity contribution in [1.82, 2.24) is 4.57 Å². The third-order valence-corrected chi connectivity index (χ3v) is 3.66. The number of benzene rings is 1. The molecular formula is C14H16N2O. The molecule has 0 atom stereocenters. The average Bonchev–Trinajstić information content (AvgIpc) is 2.65. The number of aldehydes is 1. The molecule has 3 nitrogen and oxygen atoms in total. The van der Waals surface area contributed by atoms with E-state index in [4.69, 9.17) is 5.73 Å². The van der Waals surface area contributed by atoms with Gasteiger partial charge in [-0.1, -0.05) is 0 Å². The quantitative estimate of drug-likeness (QED) is 0.633. The number of hydrogen-bond acceptors (Lipinski definition) is 2. The van der Waals surface area contributed by atoms with Gasteiger partial charge in [-0.15, -0.1) is 0 Å². The van der Waals surface area contributed by atoms with Crippen LogP contribution in [0.3, 0.4) is 0 Å². The van der Waals surface area contributed by atoms with Crippen LogP contribution in [0, 0.1) is 0 Å². The molecule has 1 aliphatic rings. The molecule has 0 spiro atoms. The Morgan fingerprint density at radius 3 is 2.94 bits per heavy atom. The van der Waals surface area contributed by atoms with Gasteiger partial charge in [0.05, 0.1) is 6.54 Å². The Hall–Kier alpha value is -1.77. The van der Waals surface area contributed by atoms with Crippen molar-refractivity contribution < 1.29 is 4.79 Å². The molecule has 0 amide bonds. The SMILES string of the molecule is Nc1ccc2c(c1)c1c(n2CC=O)CCCC1. The lowest BCUT2D eigenvalue weighted by Crippen LogP contribution is -2.08. The lowest BCUT2D eigenvalue weighted by Gasteiger charge is -2.14. The van der Waals surface area contributed by atoms with Gasteiger partial charge in [0.25, 0.3) is 0 Å². The molecule has 3 rings (SSSR count). The predicted octanol–water partition coefficient (Wildman–Crippen LogP) is 2.30. The topological polar surface area (TPSA) is 48.0 Å². The van der Waals surface area contributed by atoms with Crippen LogP contribution >= 0.6 is 0 Å². The second kappa shape index (κ2) is 3.91. The van der Waals surface area contributed by atoms with Crippen molar-refractivity contribution in [3.05, 3.63) is 29.5 Å². The van der Waals surface area contributed by atoms with Crippen LogP contribution < -0.4 is 5.73 Å². The number of fused-ring (bicyclic) bond motifs is 3. The van der Waals surface area contributed by atoms with Crippen molar-refractivity contribution in [3.8, 4) is 0 Å². The third kappa shape index (κ3) is 1.54. The number of anilines is 1. The maximum absolute atomic E-state index is 10.8. The van der Waals surface area contributed by atoms with Gasteiger partial charge >= 0.3 is 0 Å².